The lowest BCUT2D eigenvalue weighted by Gasteiger charge is -2.15. The second-order valence-electron chi connectivity index (χ2n) is 14.7. The molecule has 0 radical (unpaired) electrons. The summed E-state index contributed by atoms with van der Waals surface area (Å²) in [6, 6.07) is 75.5. The maximum absolute atomic E-state index is 5.12. The highest BCUT2D eigenvalue weighted by molar-refractivity contribution is 5.98. The number of imidazole rings is 2. The van der Waals surface area contributed by atoms with Gasteiger partial charge in [-0.05, 0) is 98.8 Å². The maximum atomic E-state index is 5.12. The van der Waals surface area contributed by atoms with E-state index in [9.17, 15) is 0 Å². The second-order valence-corrected chi connectivity index (χ2v) is 14.7. The highest BCUT2D eigenvalue weighted by Crippen LogP contribution is 2.39. The highest BCUT2D eigenvalue weighted by atomic mass is 15.1. The number of benzene rings is 8. The topological polar surface area (TPSA) is 35.1 Å². The molecule has 4 heteroatoms. The zero-order valence-electron chi connectivity index (χ0n) is 31.6. The van der Waals surface area contributed by atoms with Crippen molar-refractivity contribution < 1.29 is 0 Å². The summed E-state index contributed by atoms with van der Waals surface area (Å²) in [5.41, 5.74) is 16.3. The Morgan fingerprint density at radius 3 is 1.86 bits per heavy atom. The van der Waals surface area contributed by atoms with E-state index in [2.05, 4.69) is 209 Å². The van der Waals surface area contributed by atoms with E-state index >= 15 is 0 Å². The molecule has 0 aliphatic heterocycles. The average Bonchev–Trinajstić information content (AvgIpc) is 3.89. The summed E-state index contributed by atoms with van der Waals surface area (Å²) in [4.78, 5) is 10.2. The van der Waals surface area contributed by atoms with E-state index in [0.29, 0.717) is 0 Å². The van der Waals surface area contributed by atoms with Gasteiger partial charge in [-0.2, -0.15) is 0 Å². The van der Waals surface area contributed by atoms with Gasteiger partial charge in [0.25, 0.3) is 0 Å². The van der Waals surface area contributed by atoms with Crippen LogP contribution in [0.1, 0.15) is 0 Å². The maximum Gasteiger partial charge on any atom is 0.145 e. The predicted octanol–water partition coefficient (Wildman–Crippen LogP) is 13.8. The molecule has 0 amide bonds. The number of nitrogens with zero attached hydrogens (tertiary/aromatic N) is 4. The first kappa shape index (κ1) is 33.5. The van der Waals surface area contributed by atoms with Crippen LogP contribution in [0.15, 0.2) is 219 Å². The van der Waals surface area contributed by atoms with Crippen LogP contribution in [0, 0.1) is 0 Å². The monoisotopic (exact) mass is 740 g/mol. The van der Waals surface area contributed by atoms with Crippen molar-refractivity contribution in [2.75, 3.05) is 0 Å². The fourth-order valence-corrected chi connectivity index (χ4v) is 8.38. The van der Waals surface area contributed by atoms with Crippen molar-refractivity contribution in [1.29, 1.82) is 0 Å². The molecule has 0 spiro atoms. The Bertz CT molecular complexity index is 3260. The lowest BCUT2D eigenvalue weighted by atomic mass is 9.91. The molecule has 0 saturated carbocycles. The quantitative estimate of drug-likeness (QED) is 0.163. The molecular weight excluding hydrogens is 705 g/mol. The van der Waals surface area contributed by atoms with Crippen molar-refractivity contribution in [2.45, 2.75) is 0 Å². The second kappa shape index (κ2) is 14.0. The Morgan fingerprint density at radius 1 is 0.379 bits per heavy atom. The first-order valence-corrected chi connectivity index (χ1v) is 19.7. The fraction of sp³-hybridized carbons (Fsp3) is 0. The zero-order valence-corrected chi connectivity index (χ0v) is 31.6. The van der Waals surface area contributed by atoms with Gasteiger partial charge < -0.3 is 0 Å². The summed E-state index contributed by atoms with van der Waals surface area (Å²) >= 11 is 0. The van der Waals surface area contributed by atoms with Crippen LogP contribution in [-0.4, -0.2) is 18.9 Å². The van der Waals surface area contributed by atoms with Crippen molar-refractivity contribution in [3.8, 4) is 73.0 Å². The predicted molar refractivity (Wildman–Crippen MR) is 240 cm³/mol. The Hall–Kier alpha value is -7.82. The molecule has 3 aromatic heterocycles. The summed E-state index contributed by atoms with van der Waals surface area (Å²) < 4.78 is 4.47. The number of hydrogen-bond acceptors (Lipinski definition) is 2. The Kier molecular flexibility index (Phi) is 8.11. The molecule has 0 aliphatic rings. The number of para-hydroxylation sites is 2. The molecule has 11 rings (SSSR count). The van der Waals surface area contributed by atoms with Crippen LogP contribution in [0.4, 0.5) is 0 Å². The Labute approximate surface area is 336 Å². The molecule has 0 bridgehead atoms. The highest BCUT2D eigenvalue weighted by Gasteiger charge is 2.18. The smallest absolute Gasteiger partial charge is 0.145 e. The third-order valence-corrected chi connectivity index (χ3v) is 11.1. The average molecular weight is 741 g/mol. The van der Waals surface area contributed by atoms with Gasteiger partial charge in [0, 0.05) is 28.6 Å². The van der Waals surface area contributed by atoms with Gasteiger partial charge in [-0.1, -0.05) is 158 Å². The molecule has 0 atom stereocenters. The van der Waals surface area contributed by atoms with Gasteiger partial charge in [0.05, 0.1) is 22.4 Å². The summed E-state index contributed by atoms with van der Waals surface area (Å²) in [6.07, 6.45) is 2.10. The Balaban J connectivity index is 1.07. The van der Waals surface area contributed by atoms with Gasteiger partial charge in [0.2, 0.25) is 0 Å². The third-order valence-electron chi connectivity index (χ3n) is 11.1. The van der Waals surface area contributed by atoms with E-state index in [0.717, 1.165) is 78.5 Å². The molecule has 0 unspecified atom stereocenters. The van der Waals surface area contributed by atoms with Crippen molar-refractivity contribution in [3.05, 3.63) is 219 Å². The van der Waals surface area contributed by atoms with Crippen LogP contribution in [0.25, 0.3) is 100 Å². The lowest BCUT2D eigenvalue weighted by molar-refractivity contribution is 1.10. The van der Waals surface area contributed by atoms with Crippen molar-refractivity contribution in [1.82, 2.24) is 18.9 Å². The summed E-state index contributed by atoms with van der Waals surface area (Å²) in [5, 5.41) is 2.46. The van der Waals surface area contributed by atoms with E-state index in [1.54, 1.807) is 0 Å². The van der Waals surface area contributed by atoms with Gasteiger partial charge in [-0.25, -0.2) is 9.97 Å². The molecule has 0 fully saturated rings. The third kappa shape index (κ3) is 5.87. The van der Waals surface area contributed by atoms with Gasteiger partial charge >= 0.3 is 0 Å². The summed E-state index contributed by atoms with van der Waals surface area (Å²) in [7, 11) is 0. The first-order valence-electron chi connectivity index (χ1n) is 19.7. The zero-order chi connectivity index (χ0) is 38.4. The number of aromatic nitrogens is 4. The minimum atomic E-state index is 0.922. The summed E-state index contributed by atoms with van der Waals surface area (Å²) in [6.45, 7) is 0. The van der Waals surface area contributed by atoms with E-state index in [4.69, 9.17) is 9.97 Å². The minimum absolute atomic E-state index is 0.922. The first-order chi connectivity index (χ1) is 28.7. The van der Waals surface area contributed by atoms with Crippen LogP contribution >= 0.6 is 0 Å². The van der Waals surface area contributed by atoms with Crippen LogP contribution in [0.3, 0.4) is 0 Å². The molecule has 11 aromatic rings. The fourth-order valence-electron chi connectivity index (χ4n) is 8.38. The molecule has 272 valence electrons. The minimum Gasteiger partial charge on any atom is -0.299 e. The molecule has 8 aromatic carbocycles. The molecule has 0 aliphatic carbocycles. The van der Waals surface area contributed by atoms with Crippen molar-refractivity contribution in [2.24, 2.45) is 0 Å². The Morgan fingerprint density at radius 2 is 1.02 bits per heavy atom. The van der Waals surface area contributed by atoms with Crippen LogP contribution < -0.4 is 0 Å². The SMILES string of the molecule is c1ccc(-c2nc3ccccn3c2-c2ccc(-c3cc(-c4cccc(-n5c(-c6ccccc6)nc6ccccc65)c4)cc(-c4cccc5ccccc45)c3)cc2)cc1. The molecule has 0 saturated heterocycles. The van der Waals surface area contributed by atoms with Gasteiger partial charge in [-0.15, -0.1) is 0 Å². The van der Waals surface area contributed by atoms with Gasteiger partial charge in [0.1, 0.15) is 11.5 Å². The van der Waals surface area contributed by atoms with E-state index < -0.39 is 0 Å². The molecule has 0 N–H and O–H groups in total. The van der Waals surface area contributed by atoms with E-state index in [1.807, 2.05) is 18.2 Å². The van der Waals surface area contributed by atoms with Crippen LogP contribution in [-0.2, 0) is 0 Å². The number of pyridine rings is 1. The molecule has 4 nitrogen and oxygen atoms in total. The number of fused-ring (bicyclic) bond motifs is 3. The van der Waals surface area contributed by atoms with E-state index in [1.165, 1.54) is 21.9 Å². The number of hydrogen-bond donors (Lipinski definition) is 0. The van der Waals surface area contributed by atoms with Crippen LogP contribution in [0.5, 0.6) is 0 Å². The lowest BCUT2D eigenvalue weighted by Crippen LogP contribution is -1.98. The van der Waals surface area contributed by atoms with E-state index in [-0.39, 0.29) is 0 Å². The van der Waals surface area contributed by atoms with Gasteiger partial charge in [0.15, 0.2) is 0 Å². The number of rotatable bonds is 7. The molecular formula is C54H36N4. The van der Waals surface area contributed by atoms with Crippen molar-refractivity contribution >= 4 is 27.5 Å². The molecule has 3 heterocycles. The van der Waals surface area contributed by atoms with Gasteiger partial charge in [-0.3, -0.25) is 8.97 Å². The standard InChI is InChI=1S/C54H36N4/c1-3-16-39(17-4-1)52-53(57-32-12-11-27-51(57)56-52)40-30-28-37(29-31-40)43-33-44(35-45(34-43)48-24-14-20-38-15-7-8-23-47(38)48)42-21-13-22-46(36-42)58-50-26-10-9-25-49(50)55-54(58)41-18-5-2-6-19-41/h1-36H. The normalized spacial score (nSPS) is 11.4. The van der Waals surface area contributed by atoms with Crippen LogP contribution in [0.2, 0.25) is 0 Å². The largest absolute Gasteiger partial charge is 0.299 e. The van der Waals surface area contributed by atoms with Crippen molar-refractivity contribution in [3.63, 3.8) is 0 Å². The summed E-state index contributed by atoms with van der Waals surface area (Å²) in [5.74, 6) is 0.922. The molecule has 58 heavy (non-hydrogen) atoms.